The van der Waals surface area contributed by atoms with Gasteiger partial charge in [0.25, 0.3) is 0 Å². The van der Waals surface area contributed by atoms with Gasteiger partial charge in [-0.25, -0.2) is 14.4 Å². The molecule has 1 fully saturated rings. The highest BCUT2D eigenvalue weighted by molar-refractivity contribution is 5.94. The highest BCUT2D eigenvalue weighted by atomic mass is 16.5. The van der Waals surface area contributed by atoms with E-state index in [9.17, 15) is 19.2 Å². The van der Waals surface area contributed by atoms with E-state index in [2.05, 4.69) is 4.74 Å². The average Bonchev–Trinajstić information content (AvgIpc) is 2.79. The van der Waals surface area contributed by atoms with E-state index in [1.165, 1.54) is 55.6 Å². The molecule has 0 atom stereocenters. The molecule has 0 aliphatic heterocycles. The minimum atomic E-state index is -0.811. The first-order chi connectivity index (χ1) is 14.9. The molecule has 2 aromatic carbocycles. The zero-order valence-electron chi connectivity index (χ0n) is 16.9. The van der Waals surface area contributed by atoms with Crippen molar-refractivity contribution >= 4 is 23.9 Å². The smallest absolute Gasteiger partial charge is 0.343 e. The number of methoxy groups -OCH3 is 1. The van der Waals surface area contributed by atoms with Gasteiger partial charge in [-0.2, -0.15) is 0 Å². The van der Waals surface area contributed by atoms with Gasteiger partial charge in [-0.15, -0.1) is 0 Å². The van der Waals surface area contributed by atoms with Crippen molar-refractivity contribution in [2.24, 2.45) is 5.92 Å². The molecule has 162 valence electrons. The third-order valence-corrected chi connectivity index (χ3v) is 5.14. The van der Waals surface area contributed by atoms with E-state index >= 15 is 0 Å². The second-order valence-electron chi connectivity index (χ2n) is 7.20. The molecule has 8 heteroatoms. The summed E-state index contributed by atoms with van der Waals surface area (Å²) in [6.07, 6.45) is 1.72. The molecule has 0 heterocycles. The highest BCUT2D eigenvalue weighted by Crippen LogP contribution is 2.27. The van der Waals surface area contributed by atoms with Crippen LogP contribution < -0.4 is 4.74 Å². The number of carbonyl (C=O) groups is 4. The van der Waals surface area contributed by atoms with Gasteiger partial charge in [0.15, 0.2) is 0 Å². The second kappa shape index (κ2) is 9.88. The number of aliphatic carboxylic acids is 1. The van der Waals surface area contributed by atoms with Crippen LogP contribution in [0.1, 0.15) is 56.8 Å². The van der Waals surface area contributed by atoms with Gasteiger partial charge in [-0.1, -0.05) is 0 Å². The lowest BCUT2D eigenvalue weighted by atomic mass is 9.87. The van der Waals surface area contributed by atoms with Crippen LogP contribution in [-0.4, -0.2) is 42.2 Å². The Hall–Kier alpha value is -3.68. The van der Waals surface area contributed by atoms with Crippen LogP contribution in [0, 0.1) is 5.92 Å². The minimum Gasteiger partial charge on any atom is -0.481 e. The van der Waals surface area contributed by atoms with Gasteiger partial charge >= 0.3 is 23.9 Å². The summed E-state index contributed by atoms with van der Waals surface area (Å²) in [6.45, 7) is 0. The Morgan fingerprint density at radius 3 is 1.74 bits per heavy atom. The molecule has 0 unspecified atom stereocenters. The van der Waals surface area contributed by atoms with E-state index < -0.39 is 23.9 Å². The molecule has 0 saturated heterocycles. The third kappa shape index (κ3) is 5.69. The number of carboxylic acids is 1. The molecule has 0 aromatic heterocycles. The number of rotatable bonds is 6. The molecule has 0 spiro atoms. The normalized spacial score (nSPS) is 18.0. The monoisotopic (exact) mass is 426 g/mol. The molecule has 0 radical (unpaired) electrons. The third-order valence-electron chi connectivity index (χ3n) is 5.14. The molecule has 1 N–H and O–H groups in total. The zero-order chi connectivity index (χ0) is 22.4. The van der Waals surface area contributed by atoms with Crippen LogP contribution in [0.2, 0.25) is 0 Å². The summed E-state index contributed by atoms with van der Waals surface area (Å²) in [6, 6.07) is 11.8. The molecule has 0 bridgehead atoms. The van der Waals surface area contributed by atoms with Crippen LogP contribution in [0.5, 0.6) is 5.75 Å². The van der Waals surface area contributed by atoms with Gasteiger partial charge in [-0.3, -0.25) is 4.79 Å². The number of carboxylic acid groups (broad SMARTS) is 1. The molecule has 1 aliphatic rings. The zero-order valence-corrected chi connectivity index (χ0v) is 16.9. The maximum Gasteiger partial charge on any atom is 0.343 e. The van der Waals surface area contributed by atoms with E-state index in [4.69, 9.17) is 14.6 Å². The first kappa shape index (κ1) is 22.0. The Morgan fingerprint density at radius 2 is 1.23 bits per heavy atom. The predicted molar refractivity (Wildman–Crippen MR) is 108 cm³/mol. The maximum atomic E-state index is 12.3. The SMILES string of the molecule is COC(=O)c1ccc(C(=O)Oc2ccc(C(=O)OC3CCC(C(=O)O)CC3)cc2)cc1. The van der Waals surface area contributed by atoms with Crippen LogP contribution in [-0.2, 0) is 14.3 Å². The van der Waals surface area contributed by atoms with Crippen molar-refractivity contribution in [2.75, 3.05) is 7.11 Å². The van der Waals surface area contributed by atoms with Gasteiger partial charge in [0.1, 0.15) is 11.9 Å². The van der Waals surface area contributed by atoms with Crippen LogP contribution in [0.15, 0.2) is 48.5 Å². The quantitative estimate of drug-likeness (QED) is 0.551. The van der Waals surface area contributed by atoms with Crippen molar-refractivity contribution in [2.45, 2.75) is 31.8 Å². The fraction of sp³-hybridized carbons (Fsp3) is 0.304. The molecular formula is C23H22O8. The number of esters is 3. The van der Waals surface area contributed by atoms with Gasteiger partial charge in [0.05, 0.1) is 29.7 Å². The number of carbonyl (C=O) groups excluding carboxylic acids is 3. The average molecular weight is 426 g/mol. The maximum absolute atomic E-state index is 12.3. The van der Waals surface area contributed by atoms with E-state index in [1.807, 2.05) is 0 Å². The second-order valence-corrected chi connectivity index (χ2v) is 7.20. The lowest BCUT2D eigenvalue weighted by Crippen LogP contribution is -2.27. The van der Waals surface area contributed by atoms with Crippen LogP contribution >= 0.6 is 0 Å². The predicted octanol–water partition coefficient (Wildman–Crippen LogP) is 3.49. The largest absolute Gasteiger partial charge is 0.481 e. The summed E-state index contributed by atoms with van der Waals surface area (Å²) < 4.78 is 15.3. The Bertz CT molecular complexity index is 954. The highest BCUT2D eigenvalue weighted by Gasteiger charge is 2.28. The van der Waals surface area contributed by atoms with Gasteiger partial charge in [0, 0.05) is 0 Å². The number of benzene rings is 2. The molecule has 8 nitrogen and oxygen atoms in total. The van der Waals surface area contributed by atoms with Crippen LogP contribution in [0.3, 0.4) is 0 Å². The van der Waals surface area contributed by atoms with Crippen molar-refractivity contribution < 1.29 is 38.5 Å². The van der Waals surface area contributed by atoms with Crippen LogP contribution in [0.25, 0.3) is 0 Å². The van der Waals surface area contributed by atoms with Crippen molar-refractivity contribution in [3.8, 4) is 5.75 Å². The Balaban J connectivity index is 1.53. The first-order valence-electron chi connectivity index (χ1n) is 9.81. The summed E-state index contributed by atoms with van der Waals surface area (Å²) in [5.74, 6) is -2.55. The number of hydrogen-bond donors (Lipinski definition) is 1. The van der Waals surface area contributed by atoms with E-state index in [-0.39, 0.29) is 23.3 Å². The van der Waals surface area contributed by atoms with Gasteiger partial charge in [-0.05, 0) is 74.2 Å². The lowest BCUT2D eigenvalue weighted by molar-refractivity contribution is -0.143. The molecule has 3 rings (SSSR count). The topological polar surface area (TPSA) is 116 Å². The van der Waals surface area contributed by atoms with E-state index in [1.54, 1.807) is 0 Å². The summed E-state index contributed by atoms with van der Waals surface area (Å²) in [7, 11) is 1.27. The fourth-order valence-corrected chi connectivity index (χ4v) is 3.33. The van der Waals surface area contributed by atoms with Crippen LogP contribution in [0.4, 0.5) is 0 Å². The van der Waals surface area contributed by atoms with Gasteiger partial charge < -0.3 is 19.3 Å². The first-order valence-corrected chi connectivity index (χ1v) is 9.81. The molecule has 2 aromatic rings. The Morgan fingerprint density at radius 1 is 0.742 bits per heavy atom. The van der Waals surface area contributed by atoms with E-state index in [0.717, 1.165) is 0 Å². The van der Waals surface area contributed by atoms with Crippen molar-refractivity contribution in [3.05, 3.63) is 65.2 Å². The molecule has 0 amide bonds. The number of ether oxygens (including phenoxy) is 3. The lowest BCUT2D eigenvalue weighted by Gasteiger charge is -2.25. The van der Waals surface area contributed by atoms with E-state index in [0.29, 0.717) is 36.8 Å². The summed E-state index contributed by atoms with van der Waals surface area (Å²) >= 11 is 0. The molecule has 31 heavy (non-hydrogen) atoms. The summed E-state index contributed by atoms with van der Waals surface area (Å²) in [4.78, 5) is 47.0. The molecular weight excluding hydrogens is 404 g/mol. The standard InChI is InChI=1S/C23H22O8/c1-29-21(26)15-2-4-16(5-3-15)22(27)31-19-12-8-17(9-13-19)23(28)30-18-10-6-14(7-11-18)20(24)25/h2-5,8-9,12-14,18H,6-7,10-11H2,1H3,(H,24,25). The summed E-state index contributed by atoms with van der Waals surface area (Å²) in [5.41, 5.74) is 0.883. The molecule has 1 saturated carbocycles. The molecule has 1 aliphatic carbocycles. The fourth-order valence-electron chi connectivity index (χ4n) is 3.33. The summed E-state index contributed by atoms with van der Waals surface area (Å²) in [5, 5.41) is 9.03. The number of hydrogen-bond acceptors (Lipinski definition) is 7. The minimum absolute atomic E-state index is 0.251. The van der Waals surface area contributed by atoms with Crippen molar-refractivity contribution in [1.29, 1.82) is 0 Å². The Kier molecular flexibility index (Phi) is 7.02. The van der Waals surface area contributed by atoms with Gasteiger partial charge in [0.2, 0.25) is 0 Å². The Labute approximate surface area is 178 Å². The van der Waals surface area contributed by atoms with Crippen molar-refractivity contribution in [1.82, 2.24) is 0 Å². The van der Waals surface area contributed by atoms with Crippen molar-refractivity contribution in [3.63, 3.8) is 0 Å².